The van der Waals surface area contributed by atoms with Crippen molar-refractivity contribution < 1.29 is 28.6 Å². The van der Waals surface area contributed by atoms with Crippen LogP contribution in [-0.2, 0) is 19.1 Å². The molecule has 2 fully saturated rings. The highest BCUT2D eigenvalue weighted by Crippen LogP contribution is 2.55. The Balaban J connectivity index is 1.55. The Morgan fingerprint density at radius 3 is 2.73 bits per heavy atom. The Morgan fingerprint density at radius 1 is 1.30 bits per heavy atom. The summed E-state index contributed by atoms with van der Waals surface area (Å²) in [7, 11) is 3.02. The number of piperazine rings is 1. The lowest BCUT2D eigenvalue weighted by molar-refractivity contribution is -0.137. The number of carbonyl (C=O) groups excluding carboxylic acids is 3. The lowest BCUT2D eigenvalue weighted by Gasteiger charge is -2.39. The number of carbonyl (C=O) groups is 3. The number of ether oxygens (including phenoxy) is 3. The molecule has 33 heavy (non-hydrogen) atoms. The van der Waals surface area contributed by atoms with E-state index in [4.69, 9.17) is 25.7 Å². The third kappa shape index (κ3) is 2.85. The second-order valence-corrected chi connectivity index (χ2v) is 8.50. The Labute approximate surface area is 189 Å². The third-order valence-corrected chi connectivity index (χ3v) is 6.93. The first-order valence-corrected chi connectivity index (χ1v) is 10.5. The van der Waals surface area contributed by atoms with Gasteiger partial charge in [0.2, 0.25) is 11.6 Å². The van der Waals surface area contributed by atoms with Crippen LogP contribution in [0.1, 0.15) is 6.92 Å². The molecule has 4 atom stereocenters. The summed E-state index contributed by atoms with van der Waals surface area (Å²) in [6, 6.07) is 5.01. The van der Waals surface area contributed by atoms with Crippen molar-refractivity contribution >= 4 is 29.0 Å². The fourth-order valence-corrected chi connectivity index (χ4v) is 5.37. The second-order valence-electron chi connectivity index (χ2n) is 8.50. The average Bonchev–Trinajstić information content (AvgIpc) is 3.40. The van der Waals surface area contributed by atoms with Gasteiger partial charge in [-0.25, -0.2) is 4.79 Å². The molecule has 174 valence electrons. The van der Waals surface area contributed by atoms with Gasteiger partial charge < -0.3 is 41.2 Å². The number of primary amides is 1. The number of nitrogens with one attached hydrogen (secondary N) is 2. The summed E-state index contributed by atoms with van der Waals surface area (Å²) < 4.78 is 16.3. The van der Waals surface area contributed by atoms with Crippen LogP contribution >= 0.6 is 0 Å². The summed E-state index contributed by atoms with van der Waals surface area (Å²) in [4.78, 5) is 40.6. The minimum Gasteiger partial charge on any atom is -0.495 e. The van der Waals surface area contributed by atoms with Crippen molar-refractivity contribution in [2.24, 2.45) is 11.7 Å². The number of fused-ring (bicyclic) bond motifs is 4. The van der Waals surface area contributed by atoms with Gasteiger partial charge in [0, 0.05) is 42.6 Å². The number of amides is 1. The molecule has 0 saturated carbocycles. The Hall–Kier alpha value is -3.57. The molecule has 2 saturated heterocycles. The molecule has 1 unspecified atom stereocenters. The van der Waals surface area contributed by atoms with Gasteiger partial charge in [-0.15, -0.1) is 0 Å². The van der Waals surface area contributed by atoms with Crippen LogP contribution in [0, 0.1) is 5.92 Å². The van der Waals surface area contributed by atoms with Crippen LogP contribution in [0.25, 0.3) is 0 Å². The highest BCUT2D eigenvalue weighted by molar-refractivity contribution is 6.26. The second kappa shape index (κ2) is 7.22. The number of rotatable bonds is 6. The van der Waals surface area contributed by atoms with Gasteiger partial charge in [0.1, 0.15) is 12.4 Å². The number of nitrogen functional groups attached to an aromatic ring is 1. The number of hydrogen-bond acceptors (Lipinski definition) is 10. The van der Waals surface area contributed by atoms with E-state index in [1.807, 2.05) is 4.90 Å². The Morgan fingerprint density at radius 2 is 2.06 bits per heavy atom. The predicted octanol–water partition coefficient (Wildman–Crippen LogP) is 0.0930. The number of allylic oxidation sites excluding steroid dienone is 2. The fourth-order valence-electron chi connectivity index (χ4n) is 5.37. The minimum absolute atomic E-state index is 0.103. The van der Waals surface area contributed by atoms with Gasteiger partial charge in [-0.2, -0.15) is 0 Å². The van der Waals surface area contributed by atoms with Crippen molar-refractivity contribution in [1.82, 2.24) is 10.2 Å². The zero-order valence-electron chi connectivity index (χ0n) is 18.4. The normalized spacial score (nSPS) is 29.7. The van der Waals surface area contributed by atoms with Crippen LogP contribution in [0.4, 0.5) is 16.2 Å². The molecule has 0 radical (unpaired) electrons. The van der Waals surface area contributed by atoms with Crippen LogP contribution in [0.2, 0.25) is 0 Å². The van der Waals surface area contributed by atoms with E-state index < -0.39 is 17.7 Å². The molecule has 0 aromatic heterocycles. The maximum absolute atomic E-state index is 13.8. The van der Waals surface area contributed by atoms with Crippen molar-refractivity contribution in [2.45, 2.75) is 24.7 Å². The predicted molar refractivity (Wildman–Crippen MR) is 117 cm³/mol. The quantitative estimate of drug-likeness (QED) is 0.262. The van der Waals surface area contributed by atoms with Crippen LogP contribution in [-0.4, -0.2) is 67.7 Å². The fraction of sp³-hybridized carbons (Fsp3) is 0.409. The van der Waals surface area contributed by atoms with Crippen molar-refractivity contribution in [2.75, 3.05) is 38.4 Å². The van der Waals surface area contributed by atoms with Gasteiger partial charge in [-0.05, 0) is 19.1 Å². The van der Waals surface area contributed by atoms with E-state index in [0.29, 0.717) is 29.4 Å². The van der Waals surface area contributed by atoms with Crippen molar-refractivity contribution in [3.05, 3.63) is 40.7 Å². The summed E-state index contributed by atoms with van der Waals surface area (Å²) in [6.07, 6.45) is -0.964. The van der Waals surface area contributed by atoms with Crippen LogP contribution in [0.3, 0.4) is 0 Å². The molecule has 0 spiro atoms. The van der Waals surface area contributed by atoms with Crippen LogP contribution in [0.5, 0.6) is 5.75 Å². The summed E-state index contributed by atoms with van der Waals surface area (Å²) in [5.74, 6) is -0.902. The number of methoxy groups -OCH3 is 2. The van der Waals surface area contributed by atoms with Crippen LogP contribution in [0.15, 0.2) is 40.7 Å². The highest BCUT2D eigenvalue weighted by atomic mass is 16.6. The first-order valence-electron chi connectivity index (χ1n) is 10.5. The van der Waals surface area contributed by atoms with Gasteiger partial charge in [0.25, 0.3) is 0 Å². The zero-order chi connectivity index (χ0) is 23.7. The first kappa shape index (κ1) is 21.3. The van der Waals surface area contributed by atoms with Crippen molar-refractivity contribution in [3.63, 3.8) is 0 Å². The topological polar surface area (TPSA) is 168 Å². The Kier molecular flexibility index (Phi) is 4.66. The number of nitrogens with two attached hydrogens (primary N) is 2. The molecule has 11 nitrogen and oxygen atoms in total. The number of Topliss-reactive ketones (excluding diaryl/α,β-unsaturated/α-hetero) is 2. The molecule has 1 aromatic rings. The standard InChI is InChI=1S/C22H25N5O6/c1-9-16(25-10-4-5-12(23)14(6-10)31-2)19(29)15-11(8-33-21(24)30)22(32-3)20-13(26-20)7-27(22)17(15)18(9)28/h4-6,11,13,20,25-26H,7-8,23H2,1-3H3,(H2,24,30)/t11-,13+,20+,22?/m0/s1. The molecular weight excluding hydrogens is 430 g/mol. The van der Waals surface area contributed by atoms with Crippen LogP contribution < -0.4 is 26.8 Å². The molecule has 1 aliphatic carbocycles. The van der Waals surface area contributed by atoms with Crippen molar-refractivity contribution in [1.29, 1.82) is 0 Å². The first-order chi connectivity index (χ1) is 15.7. The molecule has 3 heterocycles. The van der Waals surface area contributed by atoms with E-state index in [2.05, 4.69) is 10.6 Å². The number of nitrogens with zero attached hydrogens (tertiary/aromatic N) is 1. The molecule has 6 N–H and O–H groups in total. The SMILES string of the molecule is COc1cc(NC2=C(C)C(=O)C3=C(C2=O)[C@H](COC(N)=O)C2(OC)[C@@H]4N[C@@H]4CN32)ccc1N. The van der Waals surface area contributed by atoms with Gasteiger partial charge in [0.15, 0.2) is 5.72 Å². The number of ketones is 2. The maximum atomic E-state index is 13.8. The summed E-state index contributed by atoms with van der Waals surface area (Å²) in [6.45, 7) is 1.93. The summed E-state index contributed by atoms with van der Waals surface area (Å²) in [5.41, 5.74) is 12.0. The van der Waals surface area contributed by atoms with Gasteiger partial charge >= 0.3 is 6.09 Å². The minimum atomic E-state index is -1.02. The van der Waals surface area contributed by atoms with E-state index in [1.165, 1.54) is 14.2 Å². The van der Waals surface area contributed by atoms with E-state index >= 15 is 0 Å². The van der Waals surface area contributed by atoms with E-state index in [9.17, 15) is 14.4 Å². The molecule has 1 amide bonds. The molecular formula is C22H25N5O6. The molecule has 0 bridgehead atoms. The summed E-state index contributed by atoms with van der Waals surface area (Å²) in [5, 5.41) is 6.39. The smallest absolute Gasteiger partial charge is 0.404 e. The number of benzene rings is 1. The van der Waals surface area contributed by atoms with Gasteiger partial charge in [-0.1, -0.05) is 0 Å². The van der Waals surface area contributed by atoms with Gasteiger partial charge in [0.05, 0.1) is 36.2 Å². The molecule has 1 aromatic carbocycles. The van der Waals surface area contributed by atoms with Crippen molar-refractivity contribution in [3.8, 4) is 5.75 Å². The third-order valence-electron chi connectivity index (χ3n) is 6.93. The molecule has 5 rings (SSSR count). The highest BCUT2D eigenvalue weighted by Gasteiger charge is 2.72. The summed E-state index contributed by atoms with van der Waals surface area (Å²) >= 11 is 0. The monoisotopic (exact) mass is 455 g/mol. The average molecular weight is 455 g/mol. The van der Waals surface area contributed by atoms with E-state index in [1.54, 1.807) is 25.1 Å². The van der Waals surface area contributed by atoms with Gasteiger partial charge in [-0.3, -0.25) is 9.59 Å². The number of anilines is 2. The Bertz CT molecular complexity index is 1160. The maximum Gasteiger partial charge on any atom is 0.404 e. The molecule has 11 heteroatoms. The lowest BCUT2D eigenvalue weighted by Crippen LogP contribution is -2.55. The lowest BCUT2D eigenvalue weighted by atomic mass is 9.82. The zero-order valence-corrected chi connectivity index (χ0v) is 18.4. The molecule has 4 aliphatic rings. The molecule has 3 aliphatic heterocycles. The van der Waals surface area contributed by atoms with E-state index in [0.717, 1.165) is 0 Å². The van der Waals surface area contributed by atoms with E-state index in [-0.39, 0.29) is 47.1 Å². The largest absolute Gasteiger partial charge is 0.495 e. The number of hydrogen-bond donors (Lipinski definition) is 4.